The molecule has 128 valence electrons. The Morgan fingerprint density at radius 2 is 1.74 bits per heavy atom. The van der Waals surface area contributed by atoms with Gasteiger partial charge in [0, 0.05) is 11.8 Å². The van der Waals surface area contributed by atoms with Crippen molar-refractivity contribution in [2.24, 2.45) is 5.92 Å². The van der Waals surface area contributed by atoms with Crippen LogP contribution in [0.15, 0.2) is 36.4 Å². The minimum atomic E-state index is 0.0680. The van der Waals surface area contributed by atoms with Crippen molar-refractivity contribution in [3.63, 3.8) is 0 Å². The van der Waals surface area contributed by atoms with E-state index >= 15 is 0 Å². The number of aldehydes is 1. The van der Waals surface area contributed by atoms with Crippen LogP contribution in [-0.4, -0.2) is 6.29 Å². The largest absolute Gasteiger partial charge is 0.303 e. The molecule has 0 saturated heterocycles. The van der Waals surface area contributed by atoms with Crippen LogP contribution in [0.4, 0.5) is 0 Å². The van der Waals surface area contributed by atoms with Crippen LogP contribution < -0.4 is 0 Å². The number of rotatable bonds is 6. The fraction of sp³-hybridized carbons (Fsp3) is 0.591. The quantitative estimate of drug-likeness (QED) is 0.447. The molecule has 0 aromatic heterocycles. The van der Waals surface area contributed by atoms with Gasteiger partial charge in [-0.15, -0.1) is 0 Å². The Kier molecular flexibility index (Phi) is 8.30. The molecular weight excluding hydrogens is 280 g/mol. The summed E-state index contributed by atoms with van der Waals surface area (Å²) < 4.78 is 0. The number of carbonyl (C=O) groups is 1. The molecule has 0 heterocycles. The average Bonchev–Trinajstić information content (AvgIpc) is 2.63. The lowest BCUT2D eigenvalue weighted by molar-refractivity contribution is -0.109. The monoisotopic (exact) mass is 314 g/mol. The summed E-state index contributed by atoms with van der Waals surface area (Å²) in [7, 11) is 0. The fourth-order valence-corrected chi connectivity index (χ4v) is 3.73. The van der Waals surface area contributed by atoms with Gasteiger partial charge in [-0.05, 0) is 55.6 Å². The van der Waals surface area contributed by atoms with Crippen LogP contribution in [0.25, 0.3) is 0 Å². The van der Waals surface area contributed by atoms with Crippen LogP contribution >= 0.6 is 0 Å². The van der Waals surface area contributed by atoms with E-state index in [-0.39, 0.29) is 5.41 Å². The molecule has 2 rings (SSSR count). The Bertz CT molecular complexity index is 475. The molecule has 0 amide bonds. The molecule has 1 aromatic carbocycles. The normalized spacial score (nSPS) is 23.6. The standard InChI is InChI=1S/C20H28O.C2H6/c1-4-16(3)18-10-12-20(13-11-18,14-15-21)19-8-6-17(5-2)7-9-19;1-2/h6-9,15,18H,3-5,10-14H2,1-2H3;1-2H3. The van der Waals surface area contributed by atoms with E-state index in [9.17, 15) is 4.79 Å². The zero-order valence-electron chi connectivity index (χ0n) is 15.5. The Hall–Kier alpha value is -1.37. The molecule has 0 aliphatic heterocycles. The first kappa shape index (κ1) is 19.7. The van der Waals surface area contributed by atoms with Gasteiger partial charge in [0.25, 0.3) is 0 Å². The Balaban J connectivity index is 0.00000127. The smallest absolute Gasteiger partial charge is 0.120 e. The fourth-order valence-electron chi connectivity index (χ4n) is 3.73. The summed E-state index contributed by atoms with van der Waals surface area (Å²) >= 11 is 0. The first-order chi connectivity index (χ1) is 11.1. The van der Waals surface area contributed by atoms with Gasteiger partial charge in [0.2, 0.25) is 0 Å². The van der Waals surface area contributed by atoms with E-state index < -0.39 is 0 Å². The number of carbonyl (C=O) groups excluding carboxylic acids is 1. The minimum Gasteiger partial charge on any atom is -0.303 e. The summed E-state index contributed by atoms with van der Waals surface area (Å²) in [4.78, 5) is 11.2. The maximum absolute atomic E-state index is 11.2. The highest BCUT2D eigenvalue weighted by molar-refractivity contribution is 5.54. The van der Waals surface area contributed by atoms with Gasteiger partial charge in [0.15, 0.2) is 0 Å². The highest BCUT2D eigenvalue weighted by atomic mass is 16.1. The van der Waals surface area contributed by atoms with Crippen molar-refractivity contribution in [1.29, 1.82) is 0 Å². The van der Waals surface area contributed by atoms with Crippen molar-refractivity contribution in [3.8, 4) is 0 Å². The van der Waals surface area contributed by atoms with Crippen molar-refractivity contribution in [3.05, 3.63) is 47.5 Å². The van der Waals surface area contributed by atoms with E-state index in [4.69, 9.17) is 0 Å². The van der Waals surface area contributed by atoms with E-state index in [1.54, 1.807) is 0 Å². The molecule has 1 aromatic rings. The topological polar surface area (TPSA) is 17.1 Å². The molecule has 0 radical (unpaired) electrons. The predicted octanol–water partition coefficient (Wildman–Crippen LogP) is 6.26. The van der Waals surface area contributed by atoms with Gasteiger partial charge in [-0.25, -0.2) is 0 Å². The van der Waals surface area contributed by atoms with Crippen LogP contribution in [0.5, 0.6) is 0 Å². The number of benzene rings is 1. The maximum atomic E-state index is 11.2. The third kappa shape index (κ3) is 4.80. The van der Waals surface area contributed by atoms with E-state index in [2.05, 4.69) is 44.7 Å². The second kappa shape index (κ2) is 9.70. The molecule has 0 unspecified atom stereocenters. The molecule has 1 heteroatoms. The van der Waals surface area contributed by atoms with Crippen molar-refractivity contribution in [2.45, 2.75) is 78.1 Å². The summed E-state index contributed by atoms with van der Waals surface area (Å²) in [5.41, 5.74) is 4.18. The van der Waals surface area contributed by atoms with Gasteiger partial charge in [-0.2, -0.15) is 0 Å². The van der Waals surface area contributed by atoms with Gasteiger partial charge < -0.3 is 4.79 Å². The number of hydrogen-bond donors (Lipinski definition) is 0. The van der Waals surface area contributed by atoms with Crippen LogP contribution in [0.3, 0.4) is 0 Å². The number of allylic oxidation sites excluding steroid dienone is 1. The minimum absolute atomic E-state index is 0.0680. The van der Waals surface area contributed by atoms with Crippen molar-refractivity contribution < 1.29 is 4.79 Å². The second-order valence-electron chi connectivity index (χ2n) is 6.49. The summed E-state index contributed by atoms with van der Waals surface area (Å²) in [6.07, 6.45) is 8.50. The highest BCUT2D eigenvalue weighted by Gasteiger charge is 2.36. The lowest BCUT2D eigenvalue weighted by Gasteiger charge is -2.40. The van der Waals surface area contributed by atoms with Gasteiger partial charge in [-0.3, -0.25) is 0 Å². The van der Waals surface area contributed by atoms with Gasteiger partial charge in [0.1, 0.15) is 6.29 Å². The predicted molar refractivity (Wildman–Crippen MR) is 101 cm³/mol. The molecule has 1 aliphatic rings. The lowest BCUT2D eigenvalue weighted by atomic mass is 9.64. The Morgan fingerprint density at radius 1 is 1.17 bits per heavy atom. The molecule has 0 atom stereocenters. The van der Waals surface area contributed by atoms with E-state index in [1.807, 2.05) is 13.8 Å². The highest BCUT2D eigenvalue weighted by Crippen LogP contribution is 2.45. The SMILES string of the molecule is C=C(CC)C1CCC(CC=O)(c2ccc(CC)cc2)CC1.CC. The van der Waals surface area contributed by atoms with Crippen LogP contribution in [0.2, 0.25) is 0 Å². The first-order valence-electron chi connectivity index (χ1n) is 9.36. The van der Waals surface area contributed by atoms with Crippen LogP contribution in [0.1, 0.15) is 77.3 Å². The molecular formula is C22H34O. The van der Waals surface area contributed by atoms with Gasteiger partial charge in [0.05, 0.1) is 0 Å². The molecule has 1 fully saturated rings. The van der Waals surface area contributed by atoms with Crippen LogP contribution in [-0.2, 0) is 16.6 Å². The number of hydrogen-bond acceptors (Lipinski definition) is 1. The van der Waals surface area contributed by atoms with Gasteiger partial charge >= 0.3 is 0 Å². The molecule has 1 aliphatic carbocycles. The lowest BCUT2D eigenvalue weighted by Crippen LogP contribution is -2.32. The second-order valence-corrected chi connectivity index (χ2v) is 6.49. The number of aryl methyl sites for hydroxylation is 1. The summed E-state index contributed by atoms with van der Waals surface area (Å²) in [6, 6.07) is 8.94. The zero-order valence-corrected chi connectivity index (χ0v) is 15.5. The molecule has 1 saturated carbocycles. The van der Waals surface area contributed by atoms with Crippen molar-refractivity contribution >= 4 is 6.29 Å². The molecule has 0 N–H and O–H groups in total. The summed E-state index contributed by atoms with van der Waals surface area (Å²) in [5, 5.41) is 0. The van der Waals surface area contributed by atoms with Crippen molar-refractivity contribution in [1.82, 2.24) is 0 Å². The van der Waals surface area contributed by atoms with E-state index in [0.29, 0.717) is 12.3 Å². The maximum Gasteiger partial charge on any atom is 0.120 e. The van der Waals surface area contributed by atoms with E-state index in [1.165, 1.54) is 29.5 Å². The molecule has 0 bridgehead atoms. The van der Waals surface area contributed by atoms with Crippen molar-refractivity contribution in [2.75, 3.05) is 0 Å². The first-order valence-corrected chi connectivity index (χ1v) is 9.36. The third-order valence-corrected chi connectivity index (χ3v) is 5.42. The van der Waals surface area contributed by atoms with Gasteiger partial charge in [-0.1, -0.05) is 64.1 Å². The Morgan fingerprint density at radius 3 is 2.17 bits per heavy atom. The van der Waals surface area contributed by atoms with Crippen LogP contribution in [0, 0.1) is 5.92 Å². The third-order valence-electron chi connectivity index (χ3n) is 5.42. The molecule has 0 spiro atoms. The molecule has 1 nitrogen and oxygen atoms in total. The average molecular weight is 315 g/mol. The summed E-state index contributed by atoms with van der Waals surface area (Å²) in [5.74, 6) is 0.657. The zero-order chi connectivity index (χ0) is 17.3. The summed E-state index contributed by atoms with van der Waals surface area (Å²) in [6.45, 7) is 12.6. The van der Waals surface area contributed by atoms with E-state index in [0.717, 1.165) is 32.0 Å². The molecule has 23 heavy (non-hydrogen) atoms. The Labute approximate surface area is 143 Å².